The molecule has 0 atom stereocenters. The molecule has 0 aliphatic heterocycles. The minimum Gasteiger partial charge on any atom is -0.321 e. The van der Waals surface area contributed by atoms with Crippen LogP contribution in [0.15, 0.2) is 42.5 Å². The van der Waals surface area contributed by atoms with Crippen LogP contribution in [0.25, 0.3) is 0 Å². The molecule has 0 radical (unpaired) electrons. The van der Waals surface area contributed by atoms with Crippen molar-refractivity contribution in [3.63, 3.8) is 0 Å². The zero-order chi connectivity index (χ0) is 13.8. The number of carbonyl (C=O) groups is 1. The van der Waals surface area contributed by atoms with E-state index >= 15 is 0 Å². The molecule has 0 spiro atoms. The van der Waals surface area contributed by atoms with Crippen LogP contribution in [0.4, 0.5) is 5.69 Å². The van der Waals surface area contributed by atoms with Gasteiger partial charge in [0.2, 0.25) is 0 Å². The fourth-order valence-electron chi connectivity index (χ4n) is 1.70. The van der Waals surface area contributed by atoms with Crippen LogP contribution in [0, 0.1) is 21.8 Å². The van der Waals surface area contributed by atoms with Gasteiger partial charge in [0.25, 0.3) is 5.91 Å². The number of nitrogens with one attached hydrogen (secondary N) is 1. The van der Waals surface area contributed by atoms with Crippen LogP contribution < -0.4 is 5.32 Å². The average Bonchev–Trinajstić information content (AvgIpc) is 2.42. The smallest absolute Gasteiger partial charge is 0.256 e. The van der Waals surface area contributed by atoms with Gasteiger partial charge in [0.15, 0.2) is 0 Å². The summed E-state index contributed by atoms with van der Waals surface area (Å²) in [5.74, 6) is -0.198. The molecule has 0 unspecified atom stereocenters. The first kappa shape index (κ1) is 13.6. The highest BCUT2D eigenvalue weighted by atomic mass is 127. The van der Waals surface area contributed by atoms with Crippen molar-refractivity contribution in [2.24, 2.45) is 0 Å². The Morgan fingerprint density at radius 2 is 1.95 bits per heavy atom. The van der Waals surface area contributed by atoms with E-state index in [1.807, 2.05) is 19.1 Å². The van der Waals surface area contributed by atoms with E-state index in [-0.39, 0.29) is 5.91 Å². The van der Waals surface area contributed by atoms with Crippen molar-refractivity contribution in [3.05, 3.63) is 62.7 Å². The fourth-order valence-corrected chi connectivity index (χ4v) is 2.31. The lowest BCUT2D eigenvalue weighted by molar-refractivity contribution is 0.102. The van der Waals surface area contributed by atoms with E-state index in [4.69, 9.17) is 5.26 Å². The number of anilines is 1. The van der Waals surface area contributed by atoms with Gasteiger partial charge >= 0.3 is 0 Å². The second-order valence-electron chi connectivity index (χ2n) is 4.05. The van der Waals surface area contributed by atoms with Gasteiger partial charge in [-0.3, -0.25) is 4.79 Å². The molecule has 0 heterocycles. The second kappa shape index (κ2) is 5.85. The van der Waals surface area contributed by atoms with Crippen LogP contribution in [0.3, 0.4) is 0 Å². The Bertz CT molecular complexity index is 674. The Balaban J connectivity index is 2.32. The summed E-state index contributed by atoms with van der Waals surface area (Å²) < 4.78 is 0.923. The third-order valence-corrected chi connectivity index (χ3v) is 4.16. The Labute approximate surface area is 125 Å². The van der Waals surface area contributed by atoms with Crippen molar-refractivity contribution in [1.82, 2.24) is 0 Å². The average molecular weight is 362 g/mol. The van der Waals surface area contributed by atoms with E-state index < -0.39 is 0 Å². The number of benzene rings is 2. The number of rotatable bonds is 2. The molecule has 4 heteroatoms. The first-order chi connectivity index (χ1) is 9.13. The summed E-state index contributed by atoms with van der Waals surface area (Å²) in [6.45, 7) is 1.96. The quantitative estimate of drug-likeness (QED) is 0.828. The molecule has 0 aliphatic carbocycles. The summed E-state index contributed by atoms with van der Waals surface area (Å²) in [6, 6.07) is 14.6. The molecule has 94 valence electrons. The predicted octanol–water partition coefficient (Wildman–Crippen LogP) is 3.72. The maximum atomic E-state index is 12.2. The number of hydrogen-bond donors (Lipinski definition) is 1. The largest absolute Gasteiger partial charge is 0.321 e. The minimum atomic E-state index is -0.198. The highest BCUT2D eigenvalue weighted by molar-refractivity contribution is 14.1. The summed E-state index contributed by atoms with van der Waals surface area (Å²) in [5.41, 5.74) is 2.67. The van der Waals surface area contributed by atoms with Crippen molar-refractivity contribution < 1.29 is 4.79 Å². The number of nitrogens with zero attached hydrogens (tertiary/aromatic N) is 1. The molecule has 2 aromatic carbocycles. The summed E-state index contributed by atoms with van der Waals surface area (Å²) in [7, 11) is 0. The molecular weight excluding hydrogens is 351 g/mol. The van der Waals surface area contributed by atoms with Gasteiger partial charge < -0.3 is 5.32 Å². The normalized spacial score (nSPS) is 9.74. The third-order valence-electron chi connectivity index (χ3n) is 2.73. The lowest BCUT2D eigenvalue weighted by Gasteiger charge is -2.09. The number of aryl methyl sites for hydroxylation is 1. The van der Waals surface area contributed by atoms with Crippen molar-refractivity contribution in [1.29, 1.82) is 5.26 Å². The lowest BCUT2D eigenvalue weighted by Crippen LogP contribution is -2.14. The van der Waals surface area contributed by atoms with Gasteiger partial charge in [0.05, 0.1) is 16.8 Å². The van der Waals surface area contributed by atoms with Crippen molar-refractivity contribution in [3.8, 4) is 6.07 Å². The van der Waals surface area contributed by atoms with Gasteiger partial charge in [-0.1, -0.05) is 24.3 Å². The summed E-state index contributed by atoms with van der Waals surface area (Å²) in [6.07, 6.45) is 0. The third kappa shape index (κ3) is 2.93. The highest BCUT2D eigenvalue weighted by Crippen LogP contribution is 2.19. The summed E-state index contributed by atoms with van der Waals surface area (Å²) >= 11 is 2.15. The van der Waals surface area contributed by atoms with Crippen molar-refractivity contribution in [2.45, 2.75) is 6.92 Å². The van der Waals surface area contributed by atoms with Crippen molar-refractivity contribution in [2.75, 3.05) is 5.32 Å². The lowest BCUT2D eigenvalue weighted by atomic mass is 10.1. The van der Waals surface area contributed by atoms with Gasteiger partial charge in [-0.2, -0.15) is 5.26 Å². The number of halogens is 1. The maximum absolute atomic E-state index is 12.2. The van der Waals surface area contributed by atoms with E-state index in [2.05, 4.69) is 34.0 Å². The van der Waals surface area contributed by atoms with Crippen LogP contribution in [0.2, 0.25) is 0 Å². The number of hydrogen-bond acceptors (Lipinski definition) is 2. The van der Waals surface area contributed by atoms with Crippen molar-refractivity contribution >= 4 is 34.2 Å². The predicted molar refractivity (Wildman–Crippen MR) is 83.0 cm³/mol. The zero-order valence-electron chi connectivity index (χ0n) is 10.3. The Hall–Kier alpha value is -1.87. The Morgan fingerprint density at radius 3 is 2.68 bits per heavy atom. The van der Waals surface area contributed by atoms with E-state index in [9.17, 15) is 4.79 Å². The molecule has 0 aromatic heterocycles. The number of para-hydroxylation sites is 1. The van der Waals surface area contributed by atoms with Gasteiger partial charge in [0, 0.05) is 3.57 Å². The van der Waals surface area contributed by atoms with Crippen LogP contribution in [0.5, 0.6) is 0 Å². The van der Waals surface area contributed by atoms with E-state index in [1.54, 1.807) is 30.3 Å². The minimum absolute atomic E-state index is 0.198. The van der Waals surface area contributed by atoms with E-state index in [0.29, 0.717) is 16.8 Å². The molecular formula is C15H11IN2O. The van der Waals surface area contributed by atoms with E-state index in [1.165, 1.54) is 0 Å². The molecule has 2 rings (SSSR count). The standard InChI is InChI=1S/C15H11IN2O/c1-10-5-4-7-12(14(10)16)15(19)18-13-8-3-2-6-11(13)9-17/h2-8H,1H3,(H,18,19). The molecule has 1 N–H and O–H groups in total. The molecule has 19 heavy (non-hydrogen) atoms. The molecule has 3 nitrogen and oxygen atoms in total. The Morgan fingerprint density at radius 1 is 1.21 bits per heavy atom. The van der Waals surface area contributed by atoms with Crippen LogP contribution in [-0.4, -0.2) is 5.91 Å². The number of nitriles is 1. The Kier molecular flexibility index (Phi) is 4.17. The summed E-state index contributed by atoms with van der Waals surface area (Å²) in [5, 5.41) is 11.8. The molecule has 0 saturated heterocycles. The molecule has 0 bridgehead atoms. The first-order valence-electron chi connectivity index (χ1n) is 5.69. The molecule has 0 aliphatic rings. The van der Waals surface area contributed by atoms with Gasteiger partial charge in [0.1, 0.15) is 6.07 Å². The monoisotopic (exact) mass is 362 g/mol. The second-order valence-corrected chi connectivity index (χ2v) is 5.13. The van der Waals surface area contributed by atoms with Crippen LogP contribution in [0.1, 0.15) is 21.5 Å². The summed E-state index contributed by atoms with van der Waals surface area (Å²) in [4.78, 5) is 12.2. The zero-order valence-corrected chi connectivity index (χ0v) is 12.4. The molecule has 0 saturated carbocycles. The maximum Gasteiger partial charge on any atom is 0.256 e. The van der Waals surface area contributed by atoms with E-state index in [0.717, 1.165) is 9.13 Å². The number of carbonyl (C=O) groups excluding carboxylic acids is 1. The van der Waals surface area contributed by atoms with Gasteiger partial charge in [-0.25, -0.2) is 0 Å². The van der Waals surface area contributed by atoms with Gasteiger partial charge in [-0.15, -0.1) is 0 Å². The fraction of sp³-hybridized carbons (Fsp3) is 0.0667. The number of amides is 1. The van der Waals surface area contributed by atoms with Crippen LogP contribution in [-0.2, 0) is 0 Å². The molecule has 0 fully saturated rings. The first-order valence-corrected chi connectivity index (χ1v) is 6.77. The molecule has 2 aromatic rings. The highest BCUT2D eigenvalue weighted by Gasteiger charge is 2.12. The topological polar surface area (TPSA) is 52.9 Å². The molecule has 1 amide bonds. The van der Waals surface area contributed by atoms with Crippen LogP contribution >= 0.6 is 22.6 Å². The SMILES string of the molecule is Cc1cccc(C(=O)Nc2ccccc2C#N)c1I. The van der Waals surface area contributed by atoms with Gasteiger partial charge in [-0.05, 0) is 53.3 Å².